The van der Waals surface area contributed by atoms with Crippen LogP contribution in [0, 0.1) is 0 Å². The molecular weight excluding hydrogens is 244 g/mol. The molecule has 0 aliphatic heterocycles. The molecule has 0 aliphatic carbocycles. The molecule has 5 nitrogen and oxygen atoms in total. The summed E-state index contributed by atoms with van der Waals surface area (Å²) < 4.78 is 10.7. The zero-order chi connectivity index (χ0) is 13.7. The first-order chi connectivity index (χ1) is 9.24. The van der Waals surface area contributed by atoms with E-state index < -0.39 is 5.91 Å². The first-order valence-electron chi connectivity index (χ1n) is 6.03. The number of hydrogen-bond donors (Lipinski definition) is 2. The highest BCUT2D eigenvalue weighted by Gasteiger charge is 2.14. The predicted molar refractivity (Wildman–Crippen MR) is 70.5 cm³/mol. The number of hydrazine groups is 1. The SMILES string of the molecule is CCc1ccc(OCc2ccoc2C(=O)NN)cc1. The van der Waals surface area contributed by atoms with Gasteiger partial charge in [-0.25, -0.2) is 5.84 Å². The number of furan rings is 1. The number of nitrogens with one attached hydrogen (secondary N) is 1. The molecular formula is C14H16N2O3. The lowest BCUT2D eigenvalue weighted by molar-refractivity contribution is 0.0922. The minimum atomic E-state index is -0.468. The molecule has 19 heavy (non-hydrogen) atoms. The van der Waals surface area contributed by atoms with Gasteiger partial charge < -0.3 is 9.15 Å². The molecule has 0 unspecified atom stereocenters. The minimum Gasteiger partial charge on any atom is -0.489 e. The van der Waals surface area contributed by atoms with Gasteiger partial charge in [-0.05, 0) is 30.2 Å². The lowest BCUT2D eigenvalue weighted by Gasteiger charge is -2.06. The molecule has 5 heteroatoms. The van der Waals surface area contributed by atoms with E-state index in [1.165, 1.54) is 11.8 Å². The number of amides is 1. The zero-order valence-corrected chi connectivity index (χ0v) is 10.7. The van der Waals surface area contributed by atoms with E-state index in [1.807, 2.05) is 29.7 Å². The Morgan fingerprint density at radius 1 is 1.32 bits per heavy atom. The van der Waals surface area contributed by atoms with E-state index in [4.69, 9.17) is 15.0 Å². The van der Waals surface area contributed by atoms with Crippen LogP contribution in [-0.4, -0.2) is 5.91 Å². The van der Waals surface area contributed by atoms with Gasteiger partial charge in [0.2, 0.25) is 0 Å². The second kappa shape index (κ2) is 6.06. The third-order valence-electron chi connectivity index (χ3n) is 2.81. The highest BCUT2D eigenvalue weighted by molar-refractivity contribution is 5.92. The average molecular weight is 260 g/mol. The second-order valence-electron chi connectivity index (χ2n) is 4.03. The standard InChI is InChI=1S/C14H16N2O3/c1-2-10-3-5-12(6-4-10)19-9-11-7-8-18-13(11)14(17)16-15/h3-8H,2,9,15H2,1H3,(H,16,17). The lowest BCUT2D eigenvalue weighted by Crippen LogP contribution is -2.30. The van der Waals surface area contributed by atoms with E-state index in [-0.39, 0.29) is 12.4 Å². The molecule has 1 heterocycles. The van der Waals surface area contributed by atoms with Crippen molar-refractivity contribution in [3.63, 3.8) is 0 Å². The van der Waals surface area contributed by atoms with Crippen molar-refractivity contribution in [1.29, 1.82) is 0 Å². The van der Waals surface area contributed by atoms with Crippen LogP contribution in [0.1, 0.15) is 28.6 Å². The summed E-state index contributed by atoms with van der Waals surface area (Å²) in [5.41, 5.74) is 3.94. The largest absolute Gasteiger partial charge is 0.489 e. The summed E-state index contributed by atoms with van der Waals surface area (Å²) >= 11 is 0. The van der Waals surface area contributed by atoms with E-state index in [0.717, 1.165) is 12.2 Å². The molecule has 2 rings (SSSR count). The summed E-state index contributed by atoms with van der Waals surface area (Å²) in [7, 11) is 0. The predicted octanol–water partition coefficient (Wildman–Crippen LogP) is 2.02. The molecule has 0 spiro atoms. The van der Waals surface area contributed by atoms with E-state index in [9.17, 15) is 4.79 Å². The van der Waals surface area contributed by atoms with Gasteiger partial charge in [0.1, 0.15) is 12.4 Å². The summed E-state index contributed by atoms with van der Waals surface area (Å²) in [5, 5.41) is 0. The van der Waals surface area contributed by atoms with Gasteiger partial charge in [-0.1, -0.05) is 19.1 Å². The monoisotopic (exact) mass is 260 g/mol. The molecule has 0 saturated carbocycles. The van der Waals surface area contributed by atoms with Gasteiger partial charge in [-0.2, -0.15) is 0 Å². The fourth-order valence-corrected chi connectivity index (χ4v) is 1.70. The van der Waals surface area contributed by atoms with Crippen LogP contribution in [0.5, 0.6) is 5.75 Å². The Labute approximate surface area is 111 Å². The van der Waals surface area contributed by atoms with E-state index in [2.05, 4.69) is 6.92 Å². The third-order valence-corrected chi connectivity index (χ3v) is 2.81. The number of benzene rings is 1. The van der Waals surface area contributed by atoms with Crippen LogP contribution in [0.4, 0.5) is 0 Å². The lowest BCUT2D eigenvalue weighted by atomic mass is 10.2. The van der Waals surface area contributed by atoms with Crippen LogP contribution >= 0.6 is 0 Å². The summed E-state index contributed by atoms with van der Waals surface area (Å²) in [6, 6.07) is 9.52. The van der Waals surface area contributed by atoms with Gasteiger partial charge in [0.15, 0.2) is 5.76 Å². The molecule has 1 aromatic carbocycles. The van der Waals surface area contributed by atoms with Gasteiger partial charge in [-0.3, -0.25) is 10.2 Å². The number of rotatable bonds is 5. The Kier molecular flexibility index (Phi) is 4.20. The van der Waals surface area contributed by atoms with E-state index in [0.29, 0.717) is 5.56 Å². The molecule has 1 amide bonds. The summed E-state index contributed by atoms with van der Waals surface area (Å²) in [5.74, 6) is 5.52. The maximum atomic E-state index is 11.4. The van der Waals surface area contributed by atoms with Gasteiger partial charge in [0.25, 0.3) is 0 Å². The Morgan fingerprint density at radius 2 is 2.05 bits per heavy atom. The Balaban J connectivity index is 2.02. The molecule has 100 valence electrons. The topological polar surface area (TPSA) is 77.5 Å². The maximum absolute atomic E-state index is 11.4. The molecule has 0 radical (unpaired) electrons. The fraction of sp³-hybridized carbons (Fsp3) is 0.214. The van der Waals surface area contributed by atoms with Crippen LogP contribution in [0.2, 0.25) is 0 Å². The average Bonchev–Trinajstić information content (AvgIpc) is 2.93. The van der Waals surface area contributed by atoms with Gasteiger partial charge in [-0.15, -0.1) is 0 Å². The number of carbonyl (C=O) groups is 1. The van der Waals surface area contributed by atoms with Crippen molar-refractivity contribution >= 4 is 5.91 Å². The number of hydrogen-bond acceptors (Lipinski definition) is 4. The highest BCUT2D eigenvalue weighted by atomic mass is 16.5. The Morgan fingerprint density at radius 3 is 2.68 bits per heavy atom. The molecule has 1 aromatic heterocycles. The number of carbonyl (C=O) groups excluding carboxylic acids is 1. The minimum absolute atomic E-state index is 0.174. The first kappa shape index (κ1) is 13.2. The summed E-state index contributed by atoms with van der Waals surface area (Å²) in [6.45, 7) is 2.35. The highest BCUT2D eigenvalue weighted by Crippen LogP contribution is 2.17. The molecule has 0 atom stereocenters. The van der Waals surface area contributed by atoms with Crippen molar-refractivity contribution in [3.05, 3.63) is 53.5 Å². The molecule has 0 fully saturated rings. The number of nitrogen functional groups attached to an aromatic ring is 1. The van der Waals surface area contributed by atoms with Crippen LogP contribution in [0.15, 0.2) is 41.0 Å². The van der Waals surface area contributed by atoms with Crippen molar-refractivity contribution < 1.29 is 13.9 Å². The number of aryl methyl sites for hydroxylation is 1. The van der Waals surface area contributed by atoms with Gasteiger partial charge >= 0.3 is 5.91 Å². The van der Waals surface area contributed by atoms with Crippen molar-refractivity contribution in [2.24, 2.45) is 5.84 Å². The normalized spacial score (nSPS) is 10.2. The molecule has 0 bridgehead atoms. The molecule has 2 aromatic rings. The quantitative estimate of drug-likeness (QED) is 0.490. The van der Waals surface area contributed by atoms with Crippen molar-refractivity contribution in [1.82, 2.24) is 5.43 Å². The maximum Gasteiger partial charge on any atom is 0.301 e. The fourth-order valence-electron chi connectivity index (χ4n) is 1.70. The zero-order valence-electron chi connectivity index (χ0n) is 10.7. The summed E-state index contributed by atoms with van der Waals surface area (Å²) in [6.07, 6.45) is 2.42. The third kappa shape index (κ3) is 3.14. The van der Waals surface area contributed by atoms with Crippen LogP contribution in [-0.2, 0) is 13.0 Å². The van der Waals surface area contributed by atoms with Crippen molar-refractivity contribution in [3.8, 4) is 5.75 Å². The Hall–Kier alpha value is -2.27. The number of nitrogens with two attached hydrogens (primary N) is 1. The first-order valence-corrected chi connectivity index (χ1v) is 6.03. The van der Waals surface area contributed by atoms with Gasteiger partial charge in [0, 0.05) is 5.56 Å². The van der Waals surface area contributed by atoms with Crippen molar-refractivity contribution in [2.45, 2.75) is 20.0 Å². The number of ether oxygens (including phenoxy) is 1. The molecule has 0 aliphatic rings. The molecule has 3 N–H and O–H groups in total. The molecule has 0 saturated heterocycles. The van der Waals surface area contributed by atoms with Crippen molar-refractivity contribution in [2.75, 3.05) is 0 Å². The van der Waals surface area contributed by atoms with Gasteiger partial charge in [0.05, 0.1) is 6.26 Å². The van der Waals surface area contributed by atoms with Crippen LogP contribution in [0.3, 0.4) is 0 Å². The second-order valence-corrected chi connectivity index (χ2v) is 4.03. The van der Waals surface area contributed by atoms with Crippen LogP contribution in [0.25, 0.3) is 0 Å². The Bertz CT molecular complexity index is 546. The van der Waals surface area contributed by atoms with Crippen LogP contribution < -0.4 is 16.0 Å². The smallest absolute Gasteiger partial charge is 0.301 e. The van der Waals surface area contributed by atoms with E-state index >= 15 is 0 Å². The van der Waals surface area contributed by atoms with E-state index in [1.54, 1.807) is 6.07 Å². The summed E-state index contributed by atoms with van der Waals surface area (Å²) in [4.78, 5) is 11.4.